The molecule has 3 aromatic rings. The highest BCUT2D eigenvalue weighted by molar-refractivity contribution is 6.00. The fourth-order valence-corrected chi connectivity index (χ4v) is 3.99. The van der Waals surface area contributed by atoms with Crippen LogP contribution in [0.3, 0.4) is 0 Å². The minimum absolute atomic E-state index is 0.0488. The Morgan fingerprint density at radius 1 is 1.09 bits per heavy atom. The molecule has 174 valence electrons. The van der Waals surface area contributed by atoms with Crippen LogP contribution in [0.25, 0.3) is 11.3 Å². The maximum Gasteiger partial charge on any atom is 0.586 e. The van der Waals surface area contributed by atoms with E-state index in [0.29, 0.717) is 23.5 Å². The van der Waals surface area contributed by atoms with Crippen molar-refractivity contribution in [2.75, 3.05) is 10.6 Å². The lowest BCUT2D eigenvalue weighted by atomic mass is 9.83. The number of anilines is 2. The van der Waals surface area contributed by atoms with Gasteiger partial charge in [0, 0.05) is 11.3 Å². The molecule has 0 saturated heterocycles. The average molecular weight is 465 g/mol. The first-order valence-electron chi connectivity index (χ1n) is 10.6. The largest absolute Gasteiger partial charge is 0.586 e. The smallest absolute Gasteiger partial charge is 0.395 e. The van der Waals surface area contributed by atoms with Gasteiger partial charge in [-0.25, -0.2) is 4.98 Å². The zero-order valence-electron chi connectivity index (χ0n) is 18.7. The van der Waals surface area contributed by atoms with Gasteiger partial charge >= 0.3 is 6.29 Å². The van der Waals surface area contributed by atoms with E-state index in [9.17, 15) is 18.4 Å². The van der Waals surface area contributed by atoms with Gasteiger partial charge in [0.15, 0.2) is 11.5 Å². The van der Waals surface area contributed by atoms with Crippen LogP contribution in [0.15, 0.2) is 48.5 Å². The van der Waals surface area contributed by atoms with Crippen molar-refractivity contribution < 1.29 is 27.8 Å². The van der Waals surface area contributed by atoms with Gasteiger partial charge in [-0.2, -0.15) is 0 Å². The molecule has 7 nitrogen and oxygen atoms in total. The fourth-order valence-electron chi connectivity index (χ4n) is 3.99. The van der Waals surface area contributed by atoms with Gasteiger partial charge < -0.3 is 20.1 Å². The number of rotatable bonds is 4. The molecule has 2 aliphatic heterocycles. The van der Waals surface area contributed by atoms with E-state index in [4.69, 9.17) is 0 Å². The molecule has 5 rings (SSSR count). The van der Waals surface area contributed by atoms with Crippen molar-refractivity contribution in [3.63, 3.8) is 0 Å². The van der Waals surface area contributed by atoms with E-state index in [1.165, 1.54) is 12.1 Å². The molecule has 9 heteroatoms. The summed E-state index contributed by atoms with van der Waals surface area (Å²) in [6.45, 7) is 5.26. The highest BCUT2D eigenvalue weighted by atomic mass is 19.3. The molecule has 34 heavy (non-hydrogen) atoms. The van der Waals surface area contributed by atoms with Gasteiger partial charge in [-0.15, -0.1) is 8.78 Å². The van der Waals surface area contributed by atoms with Crippen LogP contribution in [0.4, 0.5) is 20.3 Å². The molecule has 0 radical (unpaired) electrons. The van der Waals surface area contributed by atoms with Crippen LogP contribution in [-0.4, -0.2) is 23.1 Å². The number of fused-ring (bicyclic) bond motifs is 2. The number of nitrogens with zero attached hydrogens (tertiary/aromatic N) is 1. The van der Waals surface area contributed by atoms with Crippen LogP contribution in [0.5, 0.6) is 11.5 Å². The quantitative estimate of drug-likeness (QED) is 0.578. The highest BCUT2D eigenvalue weighted by Crippen LogP contribution is 2.43. The molecule has 0 aliphatic carbocycles. The maximum absolute atomic E-state index is 13.4. The highest BCUT2D eigenvalue weighted by Gasteiger charge is 2.44. The van der Waals surface area contributed by atoms with Crippen molar-refractivity contribution in [3.8, 4) is 22.8 Å². The topological polar surface area (TPSA) is 89.6 Å². The summed E-state index contributed by atoms with van der Waals surface area (Å²) in [5, 5.41) is 5.65. The second-order valence-corrected chi connectivity index (χ2v) is 8.87. The zero-order valence-corrected chi connectivity index (χ0v) is 18.7. The Labute approximate surface area is 194 Å². The second-order valence-electron chi connectivity index (χ2n) is 8.87. The SMILES string of the molecule is Cc1ccc(NC(=O)C(C)(C)c2ccc3c(c2)OC(F)(F)O3)nc1-c1ccc2c(c1)NC(=O)C2. The number of alkyl halides is 2. The molecular weight excluding hydrogens is 444 g/mol. The van der Waals surface area contributed by atoms with Gasteiger partial charge in [0.1, 0.15) is 5.82 Å². The summed E-state index contributed by atoms with van der Waals surface area (Å²) in [5.74, 6) is -0.285. The molecule has 0 spiro atoms. The van der Waals surface area contributed by atoms with E-state index in [-0.39, 0.29) is 23.3 Å². The Morgan fingerprint density at radius 3 is 2.65 bits per heavy atom. The number of pyridine rings is 1. The standard InChI is InChI=1S/C25H21F2N3O4/c1-13-4-9-20(29-22(13)15-6-5-14-11-21(31)28-17(14)10-15)30-23(32)24(2,3)16-7-8-18-19(12-16)34-25(26,27)33-18/h4-10,12H,11H2,1-3H3,(H,28,31)(H,29,30,32). The van der Waals surface area contributed by atoms with Gasteiger partial charge in [0.05, 0.1) is 17.5 Å². The number of benzene rings is 2. The third-order valence-electron chi connectivity index (χ3n) is 6.04. The second kappa shape index (κ2) is 7.51. The van der Waals surface area contributed by atoms with Gasteiger partial charge in [0.25, 0.3) is 0 Å². The van der Waals surface area contributed by atoms with Crippen LogP contribution in [0, 0.1) is 6.92 Å². The van der Waals surface area contributed by atoms with Gasteiger partial charge in [0.2, 0.25) is 11.8 Å². The average Bonchev–Trinajstić information content (AvgIpc) is 3.30. The molecule has 0 atom stereocenters. The Hall–Kier alpha value is -4.01. The number of ether oxygens (including phenoxy) is 2. The molecular formula is C25H21F2N3O4. The molecule has 3 heterocycles. The molecule has 2 N–H and O–H groups in total. The van der Waals surface area contributed by atoms with Crippen molar-refractivity contribution in [2.45, 2.75) is 38.9 Å². The van der Waals surface area contributed by atoms with E-state index in [1.807, 2.05) is 31.2 Å². The van der Waals surface area contributed by atoms with Gasteiger partial charge in [-0.05, 0) is 61.7 Å². The fraction of sp³-hybridized carbons (Fsp3) is 0.240. The van der Waals surface area contributed by atoms with Gasteiger partial charge in [-0.3, -0.25) is 9.59 Å². The predicted molar refractivity (Wildman–Crippen MR) is 121 cm³/mol. The first-order chi connectivity index (χ1) is 16.0. The number of hydrogen-bond acceptors (Lipinski definition) is 5. The van der Waals surface area contributed by atoms with Crippen LogP contribution < -0.4 is 20.1 Å². The summed E-state index contributed by atoms with van der Waals surface area (Å²) in [5.41, 5.74) is 3.47. The normalized spacial score (nSPS) is 15.6. The van der Waals surface area contributed by atoms with E-state index in [0.717, 1.165) is 22.4 Å². The summed E-state index contributed by atoms with van der Waals surface area (Å²) >= 11 is 0. The van der Waals surface area contributed by atoms with Crippen LogP contribution in [0.1, 0.15) is 30.5 Å². The third-order valence-corrected chi connectivity index (χ3v) is 6.04. The van der Waals surface area contributed by atoms with Crippen molar-refractivity contribution in [3.05, 3.63) is 65.2 Å². The number of aromatic nitrogens is 1. The maximum atomic E-state index is 13.4. The van der Waals surface area contributed by atoms with E-state index < -0.39 is 11.7 Å². The van der Waals surface area contributed by atoms with Crippen LogP contribution in [0.2, 0.25) is 0 Å². The summed E-state index contributed by atoms with van der Waals surface area (Å²) < 4.78 is 35.7. The van der Waals surface area contributed by atoms with Crippen LogP contribution >= 0.6 is 0 Å². The number of halogens is 2. The third kappa shape index (κ3) is 3.83. The van der Waals surface area contributed by atoms with E-state index >= 15 is 0 Å². The molecule has 0 bridgehead atoms. The lowest BCUT2D eigenvalue weighted by molar-refractivity contribution is -0.286. The summed E-state index contributed by atoms with van der Waals surface area (Å²) in [4.78, 5) is 29.5. The Balaban J connectivity index is 1.39. The van der Waals surface area contributed by atoms with Crippen molar-refractivity contribution in [2.24, 2.45) is 0 Å². The van der Waals surface area contributed by atoms with E-state index in [2.05, 4.69) is 25.1 Å². The minimum atomic E-state index is -3.73. The molecule has 2 aliphatic rings. The number of aryl methyl sites for hydroxylation is 1. The number of nitrogens with one attached hydrogen (secondary N) is 2. The number of hydrogen-bond donors (Lipinski definition) is 2. The molecule has 0 unspecified atom stereocenters. The first-order valence-corrected chi connectivity index (χ1v) is 10.6. The van der Waals surface area contributed by atoms with Crippen molar-refractivity contribution >= 4 is 23.3 Å². The lowest BCUT2D eigenvalue weighted by Gasteiger charge is -2.24. The summed E-state index contributed by atoms with van der Waals surface area (Å²) in [6.07, 6.45) is -3.37. The number of amides is 2. The Bertz CT molecular complexity index is 1350. The first kappa shape index (κ1) is 21.8. The predicted octanol–water partition coefficient (Wildman–Crippen LogP) is 4.79. The number of carbonyl (C=O) groups excluding carboxylic acids is 2. The molecule has 0 fully saturated rings. The van der Waals surface area contributed by atoms with Crippen molar-refractivity contribution in [1.82, 2.24) is 4.98 Å². The molecule has 0 saturated carbocycles. The molecule has 2 aromatic carbocycles. The summed E-state index contributed by atoms with van der Waals surface area (Å²) in [7, 11) is 0. The van der Waals surface area contributed by atoms with E-state index in [1.54, 1.807) is 26.0 Å². The van der Waals surface area contributed by atoms with Crippen LogP contribution in [-0.2, 0) is 21.4 Å². The lowest BCUT2D eigenvalue weighted by Crippen LogP contribution is -2.35. The molecule has 2 amide bonds. The minimum Gasteiger partial charge on any atom is -0.395 e. The Morgan fingerprint density at radius 2 is 1.85 bits per heavy atom. The molecule has 1 aromatic heterocycles. The Kier molecular flexibility index (Phi) is 4.82. The summed E-state index contributed by atoms with van der Waals surface area (Å²) in [6, 6.07) is 13.5. The zero-order chi connectivity index (χ0) is 24.3. The van der Waals surface area contributed by atoms with Gasteiger partial charge in [-0.1, -0.05) is 24.3 Å². The monoisotopic (exact) mass is 465 g/mol. The number of carbonyl (C=O) groups is 2. The van der Waals surface area contributed by atoms with Crippen molar-refractivity contribution in [1.29, 1.82) is 0 Å².